The number of hydrogen-bond donors (Lipinski definition) is 1. The minimum atomic E-state index is 0. The van der Waals surface area contributed by atoms with E-state index in [1.165, 1.54) is 28.5 Å². The lowest BCUT2D eigenvalue weighted by Gasteiger charge is -2.09. The van der Waals surface area contributed by atoms with Crippen LogP contribution in [0.15, 0.2) is 29.6 Å². The van der Waals surface area contributed by atoms with Gasteiger partial charge in [0.1, 0.15) is 0 Å². The first-order valence-electron chi connectivity index (χ1n) is 5.54. The SMILES string of the molecule is CCCC[C@@H](N)c1csc2ccccc12.Cl. The van der Waals surface area contributed by atoms with Crippen molar-refractivity contribution in [3.05, 3.63) is 35.2 Å². The van der Waals surface area contributed by atoms with Crippen LogP contribution in [0.25, 0.3) is 10.1 Å². The molecule has 2 rings (SSSR count). The Kier molecular flexibility index (Phi) is 5.26. The molecule has 0 aliphatic carbocycles. The Morgan fingerprint density at radius 1 is 1.31 bits per heavy atom. The van der Waals surface area contributed by atoms with Gasteiger partial charge in [0.15, 0.2) is 0 Å². The first kappa shape index (κ1) is 13.5. The highest BCUT2D eigenvalue weighted by molar-refractivity contribution is 7.17. The second-order valence-electron chi connectivity index (χ2n) is 3.94. The molecule has 2 aromatic rings. The Morgan fingerprint density at radius 3 is 2.81 bits per heavy atom. The van der Waals surface area contributed by atoms with Crippen LogP contribution in [0.3, 0.4) is 0 Å². The summed E-state index contributed by atoms with van der Waals surface area (Å²) in [4.78, 5) is 0. The van der Waals surface area contributed by atoms with E-state index >= 15 is 0 Å². The summed E-state index contributed by atoms with van der Waals surface area (Å²) >= 11 is 1.80. The van der Waals surface area contributed by atoms with Crippen LogP contribution < -0.4 is 5.73 Å². The minimum Gasteiger partial charge on any atom is -0.324 e. The van der Waals surface area contributed by atoms with Gasteiger partial charge in [-0.1, -0.05) is 38.0 Å². The molecule has 0 fully saturated rings. The third-order valence-electron chi connectivity index (χ3n) is 2.78. The summed E-state index contributed by atoms with van der Waals surface area (Å²) in [6, 6.07) is 8.72. The summed E-state index contributed by atoms with van der Waals surface area (Å²) in [6.45, 7) is 2.21. The highest BCUT2D eigenvalue weighted by Crippen LogP contribution is 2.30. The van der Waals surface area contributed by atoms with Gasteiger partial charge in [0.05, 0.1) is 0 Å². The maximum Gasteiger partial charge on any atom is 0.0346 e. The molecule has 0 saturated heterocycles. The molecule has 2 N–H and O–H groups in total. The molecule has 3 heteroatoms. The van der Waals surface area contributed by atoms with Gasteiger partial charge in [-0.3, -0.25) is 0 Å². The molecule has 0 saturated carbocycles. The molecule has 16 heavy (non-hydrogen) atoms. The standard InChI is InChI=1S/C13H17NS.ClH/c1-2-3-7-12(14)11-9-15-13-8-5-4-6-10(11)13;/h4-6,8-9,12H,2-3,7,14H2,1H3;1H/t12-;/m1./s1. The predicted octanol–water partition coefficient (Wildman–Crippen LogP) is 4.51. The number of benzene rings is 1. The van der Waals surface area contributed by atoms with Crippen LogP contribution in [-0.4, -0.2) is 0 Å². The van der Waals surface area contributed by atoms with Crippen molar-refractivity contribution < 1.29 is 0 Å². The highest BCUT2D eigenvalue weighted by Gasteiger charge is 2.10. The molecule has 1 heterocycles. The van der Waals surface area contributed by atoms with Gasteiger partial charge in [-0.15, -0.1) is 23.7 Å². The highest BCUT2D eigenvalue weighted by atomic mass is 35.5. The molecule has 0 spiro atoms. The van der Waals surface area contributed by atoms with E-state index in [4.69, 9.17) is 5.73 Å². The maximum absolute atomic E-state index is 6.20. The van der Waals surface area contributed by atoms with Crippen molar-refractivity contribution in [2.24, 2.45) is 5.73 Å². The third-order valence-corrected chi connectivity index (χ3v) is 3.76. The summed E-state index contributed by atoms with van der Waals surface area (Å²) in [5.74, 6) is 0. The lowest BCUT2D eigenvalue weighted by molar-refractivity contribution is 0.608. The molecule has 0 bridgehead atoms. The molecular weight excluding hydrogens is 238 g/mol. The van der Waals surface area contributed by atoms with E-state index in [0.717, 1.165) is 6.42 Å². The molecular formula is C13H18ClNS. The molecule has 0 radical (unpaired) electrons. The minimum absolute atomic E-state index is 0. The average molecular weight is 256 g/mol. The van der Waals surface area contributed by atoms with E-state index < -0.39 is 0 Å². The maximum atomic E-state index is 6.20. The van der Waals surface area contributed by atoms with Crippen molar-refractivity contribution in [3.63, 3.8) is 0 Å². The first-order valence-corrected chi connectivity index (χ1v) is 6.42. The topological polar surface area (TPSA) is 26.0 Å². The number of halogens is 1. The molecule has 1 nitrogen and oxygen atoms in total. The van der Waals surface area contributed by atoms with Crippen LogP contribution in [0.5, 0.6) is 0 Å². The summed E-state index contributed by atoms with van der Waals surface area (Å²) in [7, 11) is 0. The van der Waals surface area contributed by atoms with Crippen LogP contribution in [-0.2, 0) is 0 Å². The second-order valence-corrected chi connectivity index (χ2v) is 4.85. The van der Waals surface area contributed by atoms with Gasteiger partial charge < -0.3 is 5.73 Å². The molecule has 0 amide bonds. The number of hydrogen-bond acceptors (Lipinski definition) is 2. The number of nitrogens with two attached hydrogens (primary N) is 1. The van der Waals surface area contributed by atoms with Gasteiger partial charge in [0.2, 0.25) is 0 Å². The van der Waals surface area contributed by atoms with Crippen molar-refractivity contribution in [1.82, 2.24) is 0 Å². The fourth-order valence-electron chi connectivity index (χ4n) is 1.87. The fourth-order valence-corrected chi connectivity index (χ4v) is 2.89. The van der Waals surface area contributed by atoms with Gasteiger partial charge in [-0.2, -0.15) is 0 Å². The van der Waals surface area contributed by atoms with Crippen LogP contribution >= 0.6 is 23.7 Å². The molecule has 1 aromatic heterocycles. The van der Waals surface area contributed by atoms with E-state index in [1.54, 1.807) is 11.3 Å². The monoisotopic (exact) mass is 255 g/mol. The zero-order valence-corrected chi connectivity index (χ0v) is 11.1. The van der Waals surface area contributed by atoms with Crippen molar-refractivity contribution in [2.45, 2.75) is 32.2 Å². The van der Waals surface area contributed by atoms with Gasteiger partial charge in [-0.25, -0.2) is 0 Å². The van der Waals surface area contributed by atoms with E-state index in [0.29, 0.717) is 0 Å². The Labute approximate surface area is 107 Å². The number of unbranched alkanes of at least 4 members (excludes halogenated alkanes) is 1. The Morgan fingerprint density at radius 2 is 2.06 bits per heavy atom. The zero-order chi connectivity index (χ0) is 10.7. The normalized spacial score (nSPS) is 12.4. The zero-order valence-electron chi connectivity index (χ0n) is 9.48. The molecule has 0 aliphatic rings. The van der Waals surface area contributed by atoms with Crippen LogP contribution in [0, 0.1) is 0 Å². The number of rotatable bonds is 4. The van der Waals surface area contributed by atoms with E-state index in [9.17, 15) is 0 Å². The Hall–Kier alpha value is -0.570. The largest absolute Gasteiger partial charge is 0.324 e. The molecule has 0 unspecified atom stereocenters. The smallest absolute Gasteiger partial charge is 0.0346 e. The fraction of sp³-hybridized carbons (Fsp3) is 0.385. The van der Waals surface area contributed by atoms with Crippen molar-refractivity contribution in [2.75, 3.05) is 0 Å². The van der Waals surface area contributed by atoms with Gasteiger partial charge in [0.25, 0.3) is 0 Å². The van der Waals surface area contributed by atoms with E-state index in [-0.39, 0.29) is 18.4 Å². The molecule has 1 atom stereocenters. The number of thiophene rings is 1. The van der Waals surface area contributed by atoms with Crippen molar-refractivity contribution >= 4 is 33.8 Å². The lowest BCUT2D eigenvalue weighted by atomic mass is 10.0. The summed E-state index contributed by atoms with van der Waals surface area (Å²) in [5, 5.41) is 3.55. The van der Waals surface area contributed by atoms with Crippen molar-refractivity contribution in [1.29, 1.82) is 0 Å². The van der Waals surface area contributed by atoms with Gasteiger partial charge in [0, 0.05) is 10.7 Å². The van der Waals surface area contributed by atoms with Crippen molar-refractivity contribution in [3.8, 4) is 0 Å². The average Bonchev–Trinajstić information content (AvgIpc) is 2.69. The molecule has 1 aromatic carbocycles. The van der Waals surface area contributed by atoms with E-state index in [2.05, 4.69) is 36.6 Å². The second kappa shape index (κ2) is 6.24. The number of fused-ring (bicyclic) bond motifs is 1. The van der Waals surface area contributed by atoms with E-state index in [1.807, 2.05) is 0 Å². The Bertz CT molecular complexity index is 438. The van der Waals surface area contributed by atoms with Gasteiger partial charge in [-0.05, 0) is 28.8 Å². The Balaban J connectivity index is 0.00000128. The predicted molar refractivity (Wildman–Crippen MR) is 75.5 cm³/mol. The molecule has 0 aliphatic heterocycles. The third kappa shape index (κ3) is 2.76. The van der Waals surface area contributed by atoms with Gasteiger partial charge >= 0.3 is 0 Å². The quantitative estimate of drug-likeness (QED) is 0.855. The summed E-state index contributed by atoms with van der Waals surface area (Å²) < 4.78 is 1.35. The lowest BCUT2D eigenvalue weighted by Crippen LogP contribution is -2.09. The van der Waals surface area contributed by atoms with Crippen LogP contribution in [0.2, 0.25) is 0 Å². The molecule has 88 valence electrons. The van der Waals surface area contributed by atoms with Crippen LogP contribution in [0.4, 0.5) is 0 Å². The summed E-state index contributed by atoms with van der Waals surface area (Å²) in [5.41, 5.74) is 7.52. The van der Waals surface area contributed by atoms with Crippen LogP contribution in [0.1, 0.15) is 37.8 Å². The first-order chi connectivity index (χ1) is 7.33. The summed E-state index contributed by atoms with van der Waals surface area (Å²) in [6.07, 6.45) is 3.53.